The molecule has 1 amide bonds. The lowest BCUT2D eigenvalue weighted by Gasteiger charge is -2.32. The number of carbonyl (C=O) groups excluding carboxylic acids is 1. The van der Waals surface area contributed by atoms with Crippen LogP contribution >= 0.6 is 0 Å². The van der Waals surface area contributed by atoms with E-state index in [4.69, 9.17) is 4.74 Å². The van der Waals surface area contributed by atoms with Gasteiger partial charge in [0, 0.05) is 0 Å². The molecule has 2 aromatic carbocycles. The molecular formula is C23H32N2O4S. The van der Waals surface area contributed by atoms with Crippen molar-refractivity contribution in [3.05, 3.63) is 59.2 Å². The molecule has 7 heteroatoms. The second-order valence-electron chi connectivity index (χ2n) is 7.57. The van der Waals surface area contributed by atoms with E-state index in [1.807, 2.05) is 58.0 Å². The Hall–Kier alpha value is -2.54. The van der Waals surface area contributed by atoms with Gasteiger partial charge in [-0.25, -0.2) is 8.42 Å². The number of rotatable bonds is 9. The number of aryl methyl sites for hydroxylation is 2. The van der Waals surface area contributed by atoms with Crippen LogP contribution in [0.5, 0.6) is 5.75 Å². The third-order valence-electron chi connectivity index (χ3n) is 5.03. The number of carbonyl (C=O) groups is 1. The first-order valence-corrected chi connectivity index (χ1v) is 12.0. The van der Waals surface area contributed by atoms with E-state index in [-0.39, 0.29) is 11.9 Å². The van der Waals surface area contributed by atoms with E-state index in [0.717, 1.165) is 28.7 Å². The Balaban J connectivity index is 2.36. The van der Waals surface area contributed by atoms with E-state index >= 15 is 0 Å². The van der Waals surface area contributed by atoms with E-state index < -0.39 is 16.1 Å². The molecule has 6 nitrogen and oxygen atoms in total. The maximum atomic E-state index is 13.2. The first-order valence-electron chi connectivity index (χ1n) is 10.1. The van der Waals surface area contributed by atoms with Crippen LogP contribution in [0, 0.1) is 13.8 Å². The Labute approximate surface area is 180 Å². The molecule has 0 aromatic heterocycles. The molecule has 30 heavy (non-hydrogen) atoms. The lowest BCUT2D eigenvalue weighted by atomic mass is 10.0. The van der Waals surface area contributed by atoms with Crippen molar-refractivity contribution in [2.45, 2.75) is 52.6 Å². The molecule has 0 aliphatic heterocycles. The van der Waals surface area contributed by atoms with Crippen LogP contribution in [0.25, 0.3) is 0 Å². The van der Waals surface area contributed by atoms with Gasteiger partial charge in [-0.2, -0.15) is 0 Å². The Morgan fingerprint density at radius 1 is 1.03 bits per heavy atom. The number of hydrogen-bond acceptors (Lipinski definition) is 4. The molecule has 0 heterocycles. The van der Waals surface area contributed by atoms with Crippen molar-refractivity contribution in [3.63, 3.8) is 0 Å². The monoisotopic (exact) mass is 432 g/mol. The smallest absolute Gasteiger partial charge is 0.244 e. The van der Waals surface area contributed by atoms with Crippen molar-refractivity contribution in [2.24, 2.45) is 0 Å². The first kappa shape index (κ1) is 23.7. The molecule has 0 unspecified atom stereocenters. The van der Waals surface area contributed by atoms with Crippen molar-refractivity contribution in [2.75, 3.05) is 17.7 Å². The fourth-order valence-electron chi connectivity index (χ4n) is 3.66. The second kappa shape index (κ2) is 9.98. The molecule has 0 saturated carbocycles. The summed E-state index contributed by atoms with van der Waals surface area (Å²) in [4.78, 5) is 13.2. The van der Waals surface area contributed by atoms with Gasteiger partial charge in [0.25, 0.3) is 0 Å². The van der Waals surface area contributed by atoms with Gasteiger partial charge < -0.3 is 10.1 Å². The zero-order valence-corrected chi connectivity index (χ0v) is 19.4. The number of hydrogen-bond donors (Lipinski definition) is 1. The zero-order valence-electron chi connectivity index (χ0n) is 18.6. The highest BCUT2D eigenvalue weighted by Gasteiger charge is 2.32. The number of nitrogens with one attached hydrogen (secondary N) is 1. The van der Waals surface area contributed by atoms with Gasteiger partial charge in [-0.05, 0) is 67.6 Å². The van der Waals surface area contributed by atoms with E-state index in [0.29, 0.717) is 18.5 Å². The normalized spacial score (nSPS) is 13.4. The molecular weight excluding hydrogens is 400 g/mol. The van der Waals surface area contributed by atoms with Crippen LogP contribution in [-0.4, -0.2) is 33.7 Å². The third kappa shape index (κ3) is 5.75. The molecule has 0 saturated heterocycles. The number of ether oxygens (including phenoxy) is 1. The molecule has 2 rings (SSSR count). The third-order valence-corrected chi connectivity index (χ3v) is 6.21. The molecule has 2 atom stereocenters. The lowest BCUT2D eigenvalue weighted by Crippen LogP contribution is -2.50. The highest BCUT2D eigenvalue weighted by atomic mass is 32.2. The predicted octanol–water partition coefficient (Wildman–Crippen LogP) is 4.12. The van der Waals surface area contributed by atoms with E-state index in [2.05, 4.69) is 5.32 Å². The van der Waals surface area contributed by atoms with E-state index in [1.54, 1.807) is 19.2 Å². The Morgan fingerprint density at radius 2 is 1.60 bits per heavy atom. The summed E-state index contributed by atoms with van der Waals surface area (Å²) >= 11 is 0. The SMILES string of the molecule is CC[C@H](C(=O)N[C@H](CC)c1ccc(OC)cc1)N(c1cc(C)cc(C)c1)S(C)(=O)=O. The maximum Gasteiger partial charge on any atom is 0.244 e. The first-order chi connectivity index (χ1) is 14.1. The summed E-state index contributed by atoms with van der Waals surface area (Å²) in [6.07, 6.45) is 2.17. The molecule has 0 aliphatic carbocycles. The van der Waals surface area contributed by atoms with Gasteiger partial charge >= 0.3 is 0 Å². The minimum absolute atomic E-state index is 0.224. The molecule has 1 N–H and O–H groups in total. The highest BCUT2D eigenvalue weighted by Crippen LogP contribution is 2.26. The molecule has 2 aromatic rings. The minimum Gasteiger partial charge on any atom is -0.497 e. The number of benzene rings is 2. The van der Waals surface area contributed by atoms with Gasteiger partial charge in [0.1, 0.15) is 11.8 Å². The van der Waals surface area contributed by atoms with Gasteiger partial charge in [0.2, 0.25) is 15.9 Å². The van der Waals surface area contributed by atoms with Gasteiger partial charge in [0.05, 0.1) is 25.1 Å². The van der Waals surface area contributed by atoms with Gasteiger partial charge in [-0.3, -0.25) is 9.10 Å². The van der Waals surface area contributed by atoms with Gasteiger partial charge in [0.15, 0.2) is 0 Å². The van der Waals surface area contributed by atoms with Crippen molar-refractivity contribution < 1.29 is 17.9 Å². The van der Waals surface area contributed by atoms with Crippen LogP contribution in [0.4, 0.5) is 5.69 Å². The number of nitrogens with zero attached hydrogens (tertiary/aromatic N) is 1. The average molecular weight is 433 g/mol. The van der Waals surface area contributed by atoms with Crippen LogP contribution in [0.3, 0.4) is 0 Å². The Bertz CT molecular complexity index is 951. The molecule has 0 fully saturated rings. The van der Waals surface area contributed by atoms with Crippen molar-refractivity contribution >= 4 is 21.6 Å². The maximum absolute atomic E-state index is 13.2. The number of anilines is 1. The topological polar surface area (TPSA) is 75.7 Å². The minimum atomic E-state index is -3.67. The highest BCUT2D eigenvalue weighted by molar-refractivity contribution is 7.92. The summed E-state index contributed by atoms with van der Waals surface area (Å²) in [7, 11) is -2.06. The summed E-state index contributed by atoms with van der Waals surface area (Å²) in [5.74, 6) is 0.425. The summed E-state index contributed by atoms with van der Waals surface area (Å²) < 4.78 is 31.8. The molecule has 0 aliphatic rings. The second-order valence-corrected chi connectivity index (χ2v) is 9.43. The fourth-order valence-corrected chi connectivity index (χ4v) is 4.86. The fraction of sp³-hybridized carbons (Fsp3) is 0.435. The van der Waals surface area contributed by atoms with Crippen LogP contribution in [0.1, 0.15) is 49.4 Å². The van der Waals surface area contributed by atoms with Gasteiger partial charge in [-0.1, -0.05) is 32.0 Å². The average Bonchev–Trinajstić information content (AvgIpc) is 2.68. The summed E-state index contributed by atoms with van der Waals surface area (Å²) in [6.45, 7) is 7.62. The van der Waals surface area contributed by atoms with Crippen LogP contribution in [-0.2, 0) is 14.8 Å². The van der Waals surface area contributed by atoms with Crippen molar-refractivity contribution in [1.29, 1.82) is 0 Å². The molecule has 0 radical (unpaired) electrons. The Morgan fingerprint density at radius 3 is 2.03 bits per heavy atom. The zero-order chi connectivity index (χ0) is 22.5. The molecule has 0 spiro atoms. The van der Waals surface area contributed by atoms with Gasteiger partial charge in [-0.15, -0.1) is 0 Å². The standard InChI is InChI=1S/C23H32N2O4S/c1-7-21(18-9-11-20(29-5)12-10-18)24-23(26)22(8-2)25(30(6,27)28)19-14-16(3)13-17(4)15-19/h9-15,21-22H,7-8H2,1-6H3,(H,24,26)/t21-,22-/m1/s1. The summed E-state index contributed by atoms with van der Waals surface area (Å²) in [6, 6.07) is 12.0. The molecule has 0 bridgehead atoms. The molecule has 164 valence electrons. The predicted molar refractivity (Wildman–Crippen MR) is 121 cm³/mol. The quantitative estimate of drug-likeness (QED) is 0.647. The van der Waals surface area contributed by atoms with E-state index in [1.165, 1.54) is 4.31 Å². The lowest BCUT2D eigenvalue weighted by molar-refractivity contribution is -0.123. The van der Waals surface area contributed by atoms with Crippen LogP contribution < -0.4 is 14.4 Å². The number of amides is 1. The van der Waals surface area contributed by atoms with Crippen molar-refractivity contribution in [3.8, 4) is 5.75 Å². The Kier molecular flexibility index (Phi) is 7.89. The summed E-state index contributed by atoms with van der Waals surface area (Å²) in [5.41, 5.74) is 3.34. The van der Waals surface area contributed by atoms with Crippen LogP contribution in [0.2, 0.25) is 0 Å². The van der Waals surface area contributed by atoms with E-state index in [9.17, 15) is 13.2 Å². The number of sulfonamides is 1. The largest absolute Gasteiger partial charge is 0.497 e. The van der Waals surface area contributed by atoms with Crippen LogP contribution in [0.15, 0.2) is 42.5 Å². The summed E-state index contributed by atoms with van der Waals surface area (Å²) in [5, 5.41) is 3.04. The van der Waals surface area contributed by atoms with Crippen molar-refractivity contribution in [1.82, 2.24) is 5.32 Å². The number of methoxy groups -OCH3 is 1.